The molecule has 0 radical (unpaired) electrons. The summed E-state index contributed by atoms with van der Waals surface area (Å²) in [7, 11) is 0. The molecule has 0 bridgehead atoms. The van der Waals surface area contributed by atoms with Crippen molar-refractivity contribution < 1.29 is 27.5 Å². The van der Waals surface area contributed by atoms with Gasteiger partial charge in [-0.3, -0.25) is 9.59 Å². The van der Waals surface area contributed by atoms with E-state index in [2.05, 4.69) is 20.6 Å². The molecule has 0 aliphatic heterocycles. The second kappa shape index (κ2) is 9.65. The molecular weight excluding hydrogens is 449 g/mol. The number of carbonyl (C=O) groups is 2. The summed E-state index contributed by atoms with van der Waals surface area (Å²) in [5, 5.41) is 4.69. The average molecular weight is 465 g/mol. The number of benzene rings is 2. The van der Waals surface area contributed by atoms with Crippen LogP contribution in [-0.2, 0) is 22.2 Å². The van der Waals surface area contributed by atoms with E-state index in [0.29, 0.717) is 11.4 Å². The number of alkyl halides is 3. The zero-order valence-electron chi connectivity index (χ0n) is 16.5. The van der Waals surface area contributed by atoms with Crippen molar-refractivity contribution in [1.29, 1.82) is 0 Å². The Balaban J connectivity index is 1.61. The molecule has 7 nitrogen and oxygen atoms in total. The predicted molar refractivity (Wildman–Crippen MR) is 112 cm³/mol. The molecule has 2 N–H and O–H groups in total. The van der Waals surface area contributed by atoms with Crippen molar-refractivity contribution in [2.45, 2.75) is 19.5 Å². The quantitative estimate of drug-likeness (QED) is 0.530. The zero-order valence-corrected chi connectivity index (χ0v) is 17.3. The second-order valence-corrected chi connectivity index (χ2v) is 6.99. The summed E-state index contributed by atoms with van der Waals surface area (Å²) < 4.78 is 44.5. The van der Waals surface area contributed by atoms with Crippen molar-refractivity contribution in [3.63, 3.8) is 0 Å². The van der Waals surface area contributed by atoms with E-state index >= 15 is 0 Å². The molecule has 1 heterocycles. The molecule has 166 valence electrons. The van der Waals surface area contributed by atoms with E-state index in [4.69, 9.17) is 16.3 Å². The molecule has 3 rings (SSSR count). The highest BCUT2D eigenvalue weighted by Crippen LogP contribution is 2.35. The summed E-state index contributed by atoms with van der Waals surface area (Å²) in [6, 6.07) is 11.0. The molecule has 0 fully saturated rings. The Labute approximate surface area is 185 Å². The minimum Gasteiger partial charge on any atom is -0.439 e. The van der Waals surface area contributed by atoms with Crippen LogP contribution < -0.4 is 15.4 Å². The lowest BCUT2D eigenvalue weighted by atomic mass is 10.1. The van der Waals surface area contributed by atoms with Crippen molar-refractivity contribution in [3.05, 3.63) is 71.0 Å². The summed E-state index contributed by atoms with van der Waals surface area (Å²) in [4.78, 5) is 31.1. The maximum absolute atomic E-state index is 13.0. The van der Waals surface area contributed by atoms with Gasteiger partial charge in [0, 0.05) is 18.7 Å². The van der Waals surface area contributed by atoms with Gasteiger partial charge in [0.05, 0.1) is 17.0 Å². The van der Waals surface area contributed by atoms with E-state index in [1.807, 2.05) is 0 Å². The topological polar surface area (TPSA) is 93.2 Å². The molecule has 0 unspecified atom stereocenters. The third kappa shape index (κ3) is 6.42. The average Bonchev–Trinajstić information content (AvgIpc) is 2.70. The number of rotatable bonds is 6. The number of aromatic nitrogens is 2. The molecule has 0 saturated carbocycles. The zero-order chi connectivity index (χ0) is 23.3. The van der Waals surface area contributed by atoms with Gasteiger partial charge in [-0.05, 0) is 42.0 Å². The minimum absolute atomic E-state index is 0.179. The molecular formula is C21H16ClF3N4O3. The fourth-order valence-electron chi connectivity index (χ4n) is 2.66. The van der Waals surface area contributed by atoms with Crippen molar-refractivity contribution in [2.75, 3.05) is 10.6 Å². The van der Waals surface area contributed by atoms with Gasteiger partial charge in [0.25, 0.3) is 0 Å². The van der Waals surface area contributed by atoms with Crippen LogP contribution in [0.25, 0.3) is 0 Å². The molecule has 2 amide bonds. The Bertz CT molecular complexity index is 1140. The van der Waals surface area contributed by atoms with Crippen LogP contribution in [0, 0.1) is 0 Å². The predicted octanol–water partition coefficient (Wildman–Crippen LogP) is 5.08. The maximum atomic E-state index is 13.0. The van der Waals surface area contributed by atoms with E-state index in [1.165, 1.54) is 25.4 Å². The SMILES string of the molecule is CC(=O)Nc1cc(Oc2ccc(NC(=O)Cc3ccc(Cl)c(C(F)(F)F)c3)cc2)ncn1. The molecule has 3 aromatic rings. The molecule has 0 atom stereocenters. The summed E-state index contributed by atoms with van der Waals surface area (Å²) in [5.74, 6) is 0.0989. The lowest BCUT2D eigenvalue weighted by molar-refractivity contribution is -0.137. The highest BCUT2D eigenvalue weighted by Gasteiger charge is 2.33. The first kappa shape index (κ1) is 23.0. The number of hydrogen-bond acceptors (Lipinski definition) is 5. The van der Waals surface area contributed by atoms with Crippen molar-refractivity contribution in [1.82, 2.24) is 9.97 Å². The van der Waals surface area contributed by atoms with Gasteiger partial charge >= 0.3 is 6.18 Å². The Morgan fingerprint density at radius 3 is 2.41 bits per heavy atom. The van der Waals surface area contributed by atoms with Crippen molar-refractivity contribution in [3.8, 4) is 11.6 Å². The van der Waals surface area contributed by atoms with E-state index in [0.717, 1.165) is 12.1 Å². The van der Waals surface area contributed by atoms with Gasteiger partial charge in [-0.1, -0.05) is 17.7 Å². The van der Waals surface area contributed by atoms with Crippen molar-refractivity contribution >= 4 is 34.9 Å². The van der Waals surface area contributed by atoms with Crippen LogP contribution in [0.15, 0.2) is 54.9 Å². The highest BCUT2D eigenvalue weighted by molar-refractivity contribution is 6.31. The highest BCUT2D eigenvalue weighted by atomic mass is 35.5. The first-order valence-electron chi connectivity index (χ1n) is 9.13. The van der Waals surface area contributed by atoms with Crippen LogP contribution >= 0.6 is 11.6 Å². The van der Waals surface area contributed by atoms with Crippen LogP contribution in [0.3, 0.4) is 0 Å². The van der Waals surface area contributed by atoms with Crippen LogP contribution in [0.4, 0.5) is 24.7 Å². The summed E-state index contributed by atoms with van der Waals surface area (Å²) in [6.07, 6.45) is -3.63. The van der Waals surface area contributed by atoms with Crippen LogP contribution in [0.5, 0.6) is 11.6 Å². The number of amides is 2. The lowest BCUT2D eigenvalue weighted by Crippen LogP contribution is -2.15. The summed E-state index contributed by atoms with van der Waals surface area (Å²) in [6.45, 7) is 1.35. The Hall–Kier alpha value is -3.66. The van der Waals surface area contributed by atoms with Gasteiger partial charge in [0.2, 0.25) is 17.7 Å². The number of hydrogen-bond donors (Lipinski definition) is 2. The molecule has 0 saturated heterocycles. The number of carbonyl (C=O) groups excluding carboxylic acids is 2. The van der Waals surface area contributed by atoms with Crippen LogP contribution in [0.1, 0.15) is 18.1 Å². The number of nitrogens with one attached hydrogen (secondary N) is 2. The van der Waals surface area contributed by atoms with Gasteiger partial charge in [0.1, 0.15) is 17.9 Å². The summed E-state index contributed by atoms with van der Waals surface area (Å²) in [5.41, 5.74) is -0.385. The smallest absolute Gasteiger partial charge is 0.417 e. The monoisotopic (exact) mass is 464 g/mol. The number of anilines is 2. The third-order valence-corrected chi connectivity index (χ3v) is 4.34. The van der Waals surface area contributed by atoms with Crippen molar-refractivity contribution in [2.24, 2.45) is 0 Å². The minimum atomic E-state index is -4.61. The summed E-state index contributed by atoms with van der Waals surface area (Å²) >= 11 is 5.59. The number of nitrogens with zero attached hydrogens (tertiary/aromatic N) is 2. The lowest BCUT2D eigenvalue weighted by Gasteiger charge is -2.11. The maximum Gasteiger partial charge on any atom is 0.417 e. The first-order chi connectivity index (χ1) is 15.1. The first-order valence-corrected chi connectivity index (χ1v) is 9.51. The largest absolute Gasteiger partial charge is 0.439 e. The van der Waals surface area contributed by atoms with Gasteiger partial charge in [-0.15, -0.1) is 0 Å². The van der Waals surface area contributed by atoms with E-state index < -0.39 is 22.7 Å². The fraction of sp³-hybridized carbons (Fsp3) is 0.143. The van der Waals surface area contributed by atoms with E-state index in [-0.39, 0.29) is 29.6 Å². The molecule has 0 spiro atoms. The Morgan fingerprint density at radius 2 is 1.75 bits per heavy atom. The van der Waals surface area contributed by atoms with Gasteiger partial charge in [-0.25, -0.2) is 9.97 Å². The fourth-order valence-corrected chi connectivity index (χ4v) is 2.89. The molecule has 11 heteroatoms. The third-order valence-electron chi connectivity index (χ3n) is 4.01. The van der Waals surface area contributed by atoms with Crippen LogP contribution in [0.2, 0.25) is 5.02 Å². The van der Waals surface area contributed by atoms with Gasteiger partial charge in [0.15, 0.2) is 0 Å². The normalized spacial score (nSPS) is 11.0. The number of ether oxygens (including phenoxy) is 1. The van der Waals surface area contributed by atoms with E-state index in [1.54, 1.807) is 24.3 Å². The molecule has 2 aromatic carbocycles. The van der Waals surface area contributed by atoms with Gasteiger partial charge in [-0.2, -0.15) is 13.2 Å². The molecule has 0 aliphatic rings. The molecule has 0 aliphatic carbocycles. The molecule has 1 aromatic heterocycles. The Kier molecular flexibility index (Phi) is 6.94. The second-order valence-electron chi connectivity index (χ2n) is 6.59. The standard InChI is InChI=1S/C21H16ClF3N4O3/c1-12(30)28-18-10-20(27-11-26-18)32-15-5-3-14(4-6-15)29-19(31)9-13-2-7-17(22)16(8-13)21(23,24)25/h2-8,10-11H,9H2,1H3,(H,29,31)(H,26,27,28,30). The van der Waals surface area contributed by atoms with Crippen LogP contribution in [-0.4, -0.2) is 21.8 Å². The van der Waals surface area contributed by atoms with E-state index in [9.17, 15) is 22.8 Å². The number of halogens is 4. The Morgan fingerprint density at radius 1 is 1.03 bits per heavy atom. The molecule has 32 heavy (non-hydrogen) atoms. The van der Waals surface area contributed by atoms with Gasteiger partial charge < -0.3 is 15.4 Å².